The molecule has 4 rings (SSSR count). The molecule has 0 fully saturated rings. The van der Waals surface area contributed by atoms with Gasteiger partial charge in [-0.3, -0.25) is 4.79 Å². The number of carbonyl (C=O) groups is 1. The summed E-state index contributed by atoms with van der Waals surface area (Å²) in [5.41, 5.74) is 0.870. The van der Waals surface area contributed by atoms with Crippen molar-refractivity contribution in [1.82, 2.24) is 14.9 Å². The van der Waals surface area contributed by atoms with Crippen molar-refractivity contribution in [2.24, 2.45) is 7.05 Å². The molecule has 0 aliphatic rings. The number of imidazole rings is 1. The summed E-state index contributed by atoms with van der Waals surface area (Å²) >= 11 is 7.32. The van der Waals surface area contributed by atoms with Crippen molar-refractivity contribution in [3.63, 3.8) is 0 Å². The molecule has 7 heteroatoms. The van der Waals surface area contributed by atoms with E-state index in [1.807, 2.05) is 29.9 Å². The van der Waals surface area contributed by atoms with Crippen LogP contribution >= 0.6 is 22.9 Å². The Balaban J connectivity index is 1.68. The summed E-state index contributed by atoms with van der Waals surface area (Å²) in [5, 5.41) is 4.37. The number of hydrogen-bond donors (Lipinski definition) is 1. The number of benzene rings is 2. The van der Waals surface area contributed by atoms with E-state index in [0.717, 1.165) is 10.3 Å². The maximum absolute atomic E-state index is 13.4. The summed E-state index contributed by atoms with van der Waals surface area (Å²) in [4.78, 5) is 17.8. The zero-order valence-electron chi connectivity index (χ0n) is 14.3. The topological polar surface area (TPSA) is 46.9 Å². The number of nitrogens with zero attached hydrogens (tertiary/aromatic N) is 2. The largest absolute Gasteiger partial charge is 0.337 e. The number of aryl methyl sites for hydroxylation is 1. The predicted molar refractivity (Wildman–Crippen MR) is 106 cm³/mol. The number of halogens is 2. The Morgan fingerprint density at radius 3 is 2.70 bits per heavy atom. The van der Waals surface area contributed by atoms with Gasteiger partial charge in [0.05, 0.1) is 4.88 Å². The van der Waals surface area contributed by atoms with Crippen molar-refractivity contribution in [2.75, 3.05) is 0 Å². The maximum atomic E-state index is 13.4. The SMILES string of the molecule is Cn1ccnc1[C@@H](NC(=O)c1cc2cc(F)ccc2s1)c1ccc(Cl)cc1. The lowest BCUT2D eigenvalue weighted by Crippen LogP contribution is -2.30. The second-order valence-electron chi connectivity index (χ2n) is 6.15. The molecular formula is C20H15ClFN3OS. The third kappa shape index (κ3) is 3.59. The second kappa shape index (κ2) is 7.13. The third-order valence-electron chi connectivity index (χ3n) is 4.30. The molecule has 0 aliphatic heterocycles. The summed E-state index contributed by atoms with van der Waals surface area (Å²) in [6.07, 6.45) is 3.51. The van der Waals surface area contributed by atoms with Gasteiger partial charge < -0.3 is 9.88 Å². The smallest absolute Gasteiger partial charge is 0.262 e. The van der Waals surface area contributed by atoms with Gasteiger partial charge in [0, 0.05) is 29.2 Å². The first-order chi connectivity index (χ1) is 13.0. The first-order valence-electron chi connectivity index (χ1n) is 8.24. The van der Waals surface area contributed by atoms with Crippen LogP contribution in [-0.2, 0) is 7.05 Å². The fourth-order valence-electron chi connectivity index (χ4n) is 2.94. The lowest BCUT2D eigenvalue weighted by atomic mass is 10.1. The summed E-state index contributed by atoms with van der Waals surface area (Å²) < 4.78 is 16.1. The Hall–Kier alpha value is -2.70. The molecule has 2 heterocycles. The minimum Gasteiger partial charge on any atom is -0.337 e. The molecule has 4 aromatic rings. The molecule has 0 bridgehead atoms. The number of amides is 1. The maximum Gasteiger partial charge on any atom is 0.262 e. The van der Waals surface area contributed by atoms with Crippen molar-refractivity contribution < 1.29 is 9.18 Å². The van der Waals surface area contributed by atoms with Crippen LogP contribution in [0.5, 0.6) is 0 Å². The first-order valence-corrected chi connectivity index (χ1v) is 9.43. The van der Waals surface area contributed by atoms with Crippen molar-refractivity contribution >= 4 is 38.9 Å². The van der Waals surface area contributed by atoms with E-state index >= 15 is 0 Å². The fourth-order valence-corrected chi connectivity index (χ4v) is 4.01. The molecule has 2 aromatic heterocycles. The molecule has 27 heavy (non-hydrogen) atoms. The van der Waals surface area contributed by atoms with Crippen LogP contribution in [-0.4, -0.2) is 15.5 Å². The predicted octanol–water partition coefficient (Wildman–Crippen LogP) is 4.95. The number of nitrogens with one attached hydrogen (secondary N) is 1. The summed E-state index contributed by atoms with van der Waals surface area (Å²) in [7, 11) is 1.87. The fraction of sp³-hybridized carbons (Fsp3) is 0.100. The van der Waals surface area contributed by atoms with Gasteiger partial charge in [0.1, 0.15) is 17.7 Å². The standard InChI is InChI=1S/C20H15ClFN3OS/c1-25-9-8-23-19(25)18(12-2-4-14(21)5-3-12)24-20(26)17-11-13-10-15(22)6-7-16(13)27-17/h2-11,18H,1H3,(H,24,26)/t18-/m0/s1. The van der Waals surface area contributed by atoms with Gasteiger partial charge in [0.15, 0.2) is 0 Å². The van der Waals surface area contributed by atoms with E-state index in [2.05, 4.69) is 10.3 Å². The Morgan fingerprint density at radius 1 is 1.22 bits per heavy atom. The summed E-state index contributed by atoms with van der Waals surface area (Å²) in [5.74, 6) is 0.150. The highest BCUT2D eigenvalue weighted by atomic mass is 35.5. The number of rotatable bonds is 4. The molecule has 0 spiro atoms. The number of aromatic nitrogens is 2. The van der Waals surface area contributed by atoms with E-state index in [9.17, 15) is 9.18 Å². The molecule has 0 unspecified atom stereocenters. The van der Waals surface area contributed by atoms with E-state index in [4.69, 9.17) is 11.6 Å². The van der Waals surface area contributed by atoms with Crippen LogP contribution in [0.1, 0.15) is 27.1 Å². The lowest BCUT2D eigenvalue weighted by molar-refractivity contribution is 0.0945. The molecule has 136 valence electrons. The molecule has 2 aromatic carbocycles. The van der Waals surface area contributed by atoms with Crippen LogP contribution in [0.4, 0.5) is 4.39 Å². The Bertz CT molecular complexity index is 1120. The number of thiophene rings is 1. The first kappa shape index (κ1) is 17.7. The molecule has 0 saturated heterocycles. The minimum absolute atomic E-state index is 0.237. The third-order valence-corrected chi connectivity index (χ3v) is 5.66. The normalized spacial score (nSPS) is 12.3. The number of carbonyl (C=O) groups excluding carboxylic acids is 1. The van der Waals surface area contributed by atoms with Gasteiger partial charge >= 0.3 is 0 Å². The van der Waals surface area contributed by atoms with Gasteiger partial charge in [-0.1, -0.05) is 23.7 Å². The van der Waals surface area contributed by atoms with Crippen LogP contribution in [0.15, 0.2) is 60.9 Å². The Morgan fingerprint density at radius 2 is 2.00 bits per heavy atom. The second-order valence-corrected chi connectivity index (χ2v) is 7.67. The molecule has 1 amide bonds. The van der Waals surface area contributed by atoms with E-state index in [-0.39, 0.29) is 11.7 Å². The molecule has 1 N–H and O–H groups in total. The average Bonchev–Trinajstić information content (AvgIpc) is 3.26. The lowest BCUT2D eigenvalue weighted by Gasteiger charge is -2.19. The Labute approximate surface area is 164 Å². The highest BCUT2D eigenvalue weighted by Gasteiger charge is 2.22. The summed E-state index contributed by atoms with van der Waals surface area (Å²) in [6, 6.07) is 13.1. The highest BCUT2D eigenvalue weighted by molar-refractivity contribution is 7.20. The molecule has 0 aliphatic carbocycles. The van der Waals surface area contributed by atoms with Crippen molar-refractivity contribution in [2.45, 2.75) is 6.04 Å². The molecule has 0 saturated carbocycles. The van der Waals surface area contributed by atoms with Crippen LogP contribution in [0, 0.1) is 5.82 Å². The van der Waals surface area contributed by atoms with Crippen LogP contribution in [0.2, 0.25) is 5.02 Å². The monoisotopic (exact) mass is 399 g/mol. The van der Waals surface area contributed by atoms with E-state index < -0.39 is 6.04 Å². The number of hydrogen-bond acceptors (Lipinski definition) is 3. The quantitative estimate of drug-likeness (QED) is 0.528. The van der Waals surface area contributed by atoms with Gasteiger partial charge in [0.25, 0.3) is 5.91 Å². The van der Waals surface area contributed by atoms with Gasteiger partial charge in [0.2, 0.25) is 0 Å². The van der Waals surface area contributed by atoms with Crippen LogP contribution in [0.3, 0.4) is 0 Å². The molecule has 0 radical (unpaired) electrons. The van der Waals surface area contributed by atoms with Gasteiger partial charge in [-0.05, 0) is 47.3 Å². The van der Waals surface area contributed by atoms with Crippen molar-refractivity contribution in [3.05, 3.63) is 88.0 Å². The average molecular weight is 400 g/mol. The summed E-state index contributed by atoms with van der Waals surface area (Å²) in [6.45, 7) is 0. The Kier molecular flexibility index (Phi) is 4.68. The minimum atomic E-state index is -0.434. The molecule has 1 atom stereocenters. The van der Waals surface area contributed by atoms with Crippen molar-refractivity contribution in [3.8, 4) is 0 Å². The van der Waals surface area contributed by atoms with Crippen molar-refractivity contribution in [1.29, 1.82) is 0 Å². The van der Waals surface area contributed by atoms with Gasteiger partial charge in [-0.2, -0.15) is 0 Å². The van der Waals surface area contributed by atoms with Crippen LogP contribution < -0.4 is 5.32 Å². The van der Waals surface area contributed by atoms with E-state index in [1.54, 1.807) is 30.5 Å². The van der Waals surface area contributed by atoms with E-state index in [0.29, 0.717) is 21.1 Å². The number of fused-ring (bicyclic) bond motifs is 1. The molecular weight excluding hydrogens is 385 g/mol. The van der Waals surface area contributed by atoms with Gasteiger partial charge in [-0.25, -0.2) is 9.37 Å². The van der Waals surface area contributed by atoms with Gasteiger partial charge in [-0.15, -0.1) is 11.3 Å². The zero-order chi connectivity index (χ0) is 19.0. The van der Waals surface area contributed by atoms with E-state index in [1.165, 1.54) is 23.5 Å². The molecule has 4 nitrogen and oxygen atoms in total. The zero-order valence-corrected chi connectivity index (χ0v) is 15.9. The van der Waals surface area contributed by atoms with Crippen LogP contribution in [0.25, 0.3) is 10.1 Å². The highest BCUT2D eigenvalue weighted by Crippen LogP contribution is 2.28.